The van der Waals surface area contributed by atoms with Crippen molar-refractivity contribution >= 4 is 51.9 Å². The molecule has 0 aliphatic carbocycles. The number of amides is 1. The maximum atomic E-state index is 13.6. The topological polar surface area (TPSA) is 51.1 Å². The van der Waals surface area contributed by atoms with Crippen molar-refractivity contribution in [1.29, 1.82) is 0 Å². The van der Waals surface area contributed by atoms with Gasteiger partial charge < -0.3 is 9.47 Å². The Kier molecular flexibility index (Phi) is 10.3. The molecule has 0 saturated carbocycles. The van der Waals surface area contributed by atoms with Gasteiger partial charge in [-0.25, -0.2) is 4.99 Å². The predicted octanol–water partition coefficient (Wildman–Crippen LogP) is 8.90. The number of hydrogen-bond acceptors (Lipinski definition) is 5. The number of para-hydroxylation sites is 2. The highest BCUT2D eigenvalue weighted by Crippen LogP contribution is 2.40. The lowest BCUT2D eigenvalue weighted by atomic mass is 10.1. The molecule has 7 heteroatoms. The van der Waals surface area contributed by atoms with E-state index >= 15 is 0 Å². The number of anilines is 1. The number of thioether (sulfide) groups is 1. The van der Waals surface area contributed by atoms with E-state index in [1.54, 1.807) is 18.1 Å². The van der Waals surface area contributed by atoms with Crippen molar-refractivity contribution in [3.63, 3.8) is 0 Å². The SMILES string of the molecule is CCCCCCCCOc1c(Cl)cc(/C=C2/SC(=Nc3ccccc3)N(c3ccccc3)C2=O)cc1OC. The largest absolute Gasteiger partial charge is 0.493 e. The first-order chi connectivity index (χ1) is 18.6. The number of benzene rings is 3. The van der Waals surface area contributed by atoms with E-state index in [9.17, 15) is 4.79 Å². The molecule has 0 N–H and O–H groups in total. The average Bonchev–Trinajstić information content (AvgIpc) is 3.23. The molecule has 0 spiro atoms. The summed E-state index contributed by atoms with van der Waals surface area (Å²) in [6.07, 6.45) is 8.92. The van der Waals surface area contributed by atoms with Crippen LogP contribution in [0.5, 0.6) is 11.5 Å². The smallest absolute Gasteiger partial charge is 0.271 e. The summed E-state index contributed by atoms with van der Waals surface area (Å²) in [6, 6.07) is 22.8. The summed E-state index contributed by atoms with van der Waals surface area (Å²) in [5.74, 6) is 0.936. The Labute approximate surface area is 234 Å². The molecule has 1 amide bonds. The second-order valence-corrected chi connectivity index (χ2v) is 10.4. The molecular formula is C31H33ClN2O3S. The van der Waals surface area contributed by atoms with Gasteiger partial charge in [0.15, 0.2) is 16.7 Å². The Morgan fingerprint density at radius 2 is 1.63 bits per heavy atom. The van der Waals surface area contributed by atoms with Crippen LogP contribution in [-0.4, -0.2) is 24.8 Å². The molecule has 0 radical (unpaired) electrons. The molecule has 0 unspecified atom stereocenters. The molecule has 1 saturated heterocycles. The second-order valence-electron chi connectivity index (χ2n) is 8.97. The zero-order valence-electron chi connectivity index (χ0n) is 21.9. The first kappa shape index (κ1) is 27.8. The lowest BCUT2D eigenvalue weighted by molar-refractivity contribution is -0.113. The van der Waals surface area contributed by atoms with Crippen molar-refractivity contribution in [3.8, 4) is 11.5 Å². The molecule has 198 valence electrons. The highest BCUT2D eigenvalue weighted by atomic mass is 35.5. The number of carbonyl (C=O) groups is 1. The Morgan fingerprint density at radius 1 is 0.947 bits per heavy atom. The molecule has 3 aromatic rings. The lowest BCUT2D eigenvalue weighted by Gasteiger charge is -2.15. The zero-order chi connectivity index (χ0) is 26.7. The van der Waals surface area contributed by atoms with Gasteiger partial charge in [-0.1, -0.05) is 87.0 Å². The third kappa shape index (κ3) is 7.21. The molecule has 1 aliphatic heterocycles. The van der Waals surface area contributed by atoms with E-state index in [1.165, 1.54) is 37.4 Å². The van der Waals surface area contributed by atoms with Crippen LogP contribution in [-0.2, 0) is 4.79 Å². The van der Waals surface area contributed by atoms with E-state index in [0.717, 1.165) is 29.8 Å². The van der Waals surface area contributed by atoms with Crippen molar-refractivity contribution < 1.29 is 14.3 Å². The highest BCUT2D eigenvalue weighted by Gasteiger charge is 2.34. The van der Waals surface area contributed by atoms with E-state index in [1.807, 2.05) is 72.8 Å². The van der Waals surface area contributed by atoms with Crippen LogP contribution >= 0.6 is 23.4 Å². The second kappa shape index (κ2) is 14.1. The van der Waals surface area contributed by atoms with Crippen molar-refractivity contribution in [2.45, 2.75) is 45.4 Å². The third-order valence-electron chi connectivity index (χ3n) is 6.10. The monoisotopic (exact) mass is 548 g/mol. The molecule has 0 atom stereocenters. The molecule has 0 aromatic heterocycles. The van der Waals surface area contributed by atoms with E-state index < -0.39 is 0 Å². The van der Waals surface area contributed by atoms with Gasteiger partial charge >= 0.3 is 0 Å². The Hall–Kier alpha value is -3.22. The van der Waals surface area contributed by atoms with Gasteiger partial charge in [-0.15, -0.1) is 0 Å². The summed E-state index contributed by atoms with van der Waals surface area (Å²) in [5, 5.41) is 1.05. The van der Waals surface area contributed by atoms with Crippen molar-refractivity contribution in [1.82, 2.24) is 0 Å². The van der Waals surface area contributed by atoms with Crippen molar-refractivity contribution in [2.24, 2.45) is 4.99 Å². The van der Waals surface area contributed by atoms with Gasteiger partial charge in [-0.2, -0.15) is 0 Å². The first-order valence-electron chi connectivity index (χ1n) is 13.0. The van der Waals surface area contributed by atoms with Crippen LogP contribution in [0, 0.1) is 0 Å². The number of unbranched alkanes of at least 4 members (excludes halogenated alkanes) is 5. The standard InChI is InChI=1S/C31H33ClN2O3S/c1-3-4-5-6-7-14-19-37-29-26(32)20-23(21-27(29)36-2)22-28-30(35)34(25-17-12-9-13-18-25)31(38-28)33-24-15-10-8-11-16-24/h8-13,15-18,20-22H,3-7,14,19H2,1-2H3/b28-22+,33-31?. The van der Waals surface area contributed by atoms with Gasteiger partial charge in [0.25, 0.3) is 5.91 Å². The van der Waals surface area contributed by atoms with Crippen LogP contribution in [0.25, 0.3) is 6.08 Å². The maximum Gasteiger partial charge on any atom is 0.271 e. The Bertz CT molecular complexity index is 1280. The van der Waals surface area contributed by atoms with Gasteiger partial charge in [0, 0.05) is 0 Å². The predicted molar refractivity (Wildman–Crippen MR) is 160 cm³/mol. The molecule has 0 bridgehead atoms. The van der Waals surface area contributed by atoms with Gasteiger partial charge in [0.1, 0.15) is 0 Å². The number of amidine groups is 1. The maximum absolute atomic E-state index is 13.6. The van der Waals surface area contributed by atoms with Crippen LogP contribution in [0.1, 0.15) is 51.0 Å². The fraction of sp³-hybridized carbons (Fsp3) is 0.290. The molecule has 4 rings (SSSR count). The molecule has 1 heterocycles. The van der Waals surface area contributed by atoms with Gasteiger partial charge in [-0.3, -0.25) is 9.69 Å². The molecule has 3 aromatic carbocycles. The Balaban J connectivity index is 1.55. The molecule has 1 fully saturated rings. The average molecular weight is 549 g/mol. The minimum Gasteiger partial charge on any atom is -0.493 e. The summed E-state index contributed by atoms with van der Waals surface area (Å²) in [6.45, 7) is 2.80. The van der Waals surface area contributed by atoms with Crippen LogP contribution in [0.3, 0.4) is 0 Å². The van der Waals surface area contributed by atoms with Crippen LogP contribution < -0.4 is 14.4 Å². The van der Waals surface area contributed by atoms with E-state index in [-0.39, 0.29) is 5.91 Å². The van der Waals surface area contributed by atoms with E-state index in [4.69, 9.17) is 26.1 Å². The minimum absolute atomic E-state index is 0.144. The summed E-state index contributed by atoms with van der Waals surface area (Å²) in [7, 11) is 1.59. The third-order valence-corrected chi connectivity index (χ3v) is 7.35. The minimum atomic E-state index is -0.144. The quantitative estimate of drug-likeness (QED) is 0.167. The van der Waals surface area contributed by atoms with Crippen LogP contribution in [0.2, 0.25) is 5.02 Å². The van der Waals surface area contributed by atoms with Gasteiger partial charge in [-0.05, 0) is 66.2 Å². The number of aliphatic imine (C=N–C) groups is 1. The molecule has 38 heavy (non-hydrogen) atoms. The number of ether oxygens (including phenoxy) is 2. The summed E-state index contributed by atoms with van der Waals surface area (Å²) in [4.78, 5) is 20.5. The highest BCUT2D eigenvalue weighted by molar-refractivity contribution is 8.19. The lowest BCUT2D eigenvalue weighted by Crippen LogP contribution is -2.28. The molecule has 1 aliphatic rings. The fourth-order valence-electron chi connectivity index (χ4n) is 4.14. The molecule has 5 nitrogen and oxygen atoms in total. The fourth-order valence-corrected chi connectivity index (χ4v) is 5.41. The van der Waals surface area contributed by atoms with Crippen LogP contribution in [0.15, 0.2) is 82.7 Å². The number of nitrogens with zero attached hydrogens (tertiary/aromatic N) is 2. The molecular weight excluding hydrogens is 516 g/mol. The number of hydrogen-bond donors (Lipinski definition) is 0. The van der Waals surface area contributed by atoms with Gasteiger partial charge in [0.05, 0.1) is 35.0 Å². The van der Waals surface area contributed by atoms with Gasteiger partial charge in [0.2, 0.25) is 0 Å². The zero-order valence-corrected chi connectivity index (χ0v) is 23.4. The summed E-state index contributed by atoms with van der Waals surface area (Å²) < 4.78 is 11.6. The summed E-state index contributed by atoms with van der Waals surface area (Å²) >= 11 is 7.95. The van der Waals surface area contributed by atoms with E-state index in [0.29, 0.717) is 33.2 Å². The van der Waals surface area contributed by atoms with Crippen molar-refractivity contribution in [3.05, 3.63) is 88.3 Å². The number of carbonyl (C=O) groups excluding carboxylic acids is 1. The van der Waals surface area contributed by atoms with E-state index in [2.05, 4.69) is 6.92 Å². The normalized spacial score (nSPS) is 15.4. The number of halogens is 1. The number of methoxy groups -OCH3 is 1. The van der Waals surface area contributed by atoms with Crippen molar-refractivity contribution in [2.75, 3.05) is 18.6 Å². The Morgan fingerprint density at radius 3 is 2.34 bits per heavy atom. The van der Waals surface area contributed by atoms with Crippen LogP contribution in [0.4, 0.5) is 11.4 Å². The number of rotatable bonds is 12. The first-order valence-corrected chi connectivity index (χ1v) is 14.2. The summed E-state index contributed by atoms with van der Waals surface area (Å²) in [5.41, 5.74) is 2.29.